The van der Waals surface area contributed by atoms with Gasteiger partial charge in [-0.3, -0.25) is 4.98 Å². The Morgan fingerprint density at radius 2 is 1.89 bits per heavy atom. The molecule has 2 rings (SSSR count). The molecule has 1 N–H and O–H groups in total. The number of methoxy groups -OCH3 is 2. The van der Waals surface area contributed by atoms with Gasteiger partial charge in [0.25, 0.3) is 0 Å². The Kier molecular flexibility index (Phi) is 3.82. The summed E-state index contributed by atoms with van der Waals surface area (Å²) in [6.07, 6.45) is 1.51. The van der Waals surface area contributed by atoms with Crippen LogP contribution in [0.3, 0.4) is 0 Å². The maximum absolute atomic E-state index is 11.2. The summed E-state index contributed by atoms with van der Waals surface area (Å²) >= 11 is 0. The zero-order valence-electron chi connectivity index (χ0n) is 10.5. The first kappa shape index (κ1) is 13.1. The lowest BCUT2D eigenvalue weighted by atomic mass is 10.2. The maximum atomic E-state index is 11.2. The normalized spacial score (nSPS) is 10.3. The van der Waals surface area contributed by atoms with Crippen LogP contribution in [0, 0.1) is 0 Å². The molecule has 6 nitrogen and oxygen atoms in total. The van der Waals surface area contributed by atoms with Gasteiger partial charge in [0, 0.05) is 17.6 Å². The molecule has 0 radical (unpaired) electrons. The Labute approximate surface area is 109 Å². The van der Waals surface area contributed by atoms with Crippen LogP contribution in [0.5, 0.6) is 17.2 Å². The fourth-order valence-corrected chi connectivity index (χ4v) is 1.69. The minimum absolute atomic E-state index is 0.310. The summed E-state index contributed by atoms with van der Waals surface area (Å²) in [7, 11) is 3.04. The van der Waals surface area contributed by atoms with Gasteiger partial charge in [-0.15, -0.1) is 0 Å². The van der Waals surface area contributed by atoms with E-state index in [-0.39, 0.29) is 0 Å². The number of rotatable bonds is 4. The number of fused-ring (bicyclic) bond motifs is 1. The molecular weight excluding hydrogens is 250 g/mol. The summed E-state index contributed by atoms with van der Waals surface area (Å²) in [5, 5.41) is 9.32. The van der Waals surface area contributed by atoms with Crippen LogP contribution in [0.15, 0.2) is 24.4 Å². The molecule has 0 aliphatic carbocycles. The second-order valence-corrected chi connectivity index (χ2v) is 3.67. The first-order valence-corrected chi connectivity index (χ1v) is 5.52. The van der Waals surface area contributed by atoms with E-state index in [9.17, 15) is 4.79 Å². The monoisotopic (exact) mass is 263 g/mol. The molecule has 0 amide bonds. The third-order valence-electron chi connectivity index (χ3n) is 2.56. The summed E-state index contributed by atoms with van der Waals surface area (Å²) in [5.74, 6) is 0.615. The molecule has 0 saturated heterocycles. The van der Waals surface area contributed by atoms with Gasteiger partial charge in [0.15, 0.2) is 11.5 Å². The van der Waals surface area contributed by atoms with Crippen molar-refractivity contribution < 1.29 is 24.1 Å². The number of hydrogen-bond donors (Lipinski definition) is 1. The van der Waals surface area contributed by atoms with Gasteiger partial charge in [0.1, 0.15) is 12.4 Å². The lowest BCUT2D eigenvalue weighted by Crippen LogP contribution is -2.12. The molecule has 6 heteroatoms. The number of ether oxygens (including phenoxy) is 3. The van der Waals surface area contributed by atoms with Crippen molar-refractivity contribution in [2.45, 2.75) is 0 Å². The number of nitrogens with zero attached hydrogens (tertiary/aromatic N) is 1. The first-order valence-electron chi connectivity index (χ1n) is 5.52. The van der Waals surface area contributed by atoms with Crippen molar-refractivity contribution in [1.29, 1.82) is 0 Å². The van der Waals surface area contributed by atoms with E-state index in [1.54, 1.807) is 18.2 Å². The minimum atomic E-state index is -0.734. The number of aromatic nitrogens is 1. The third-order valence-corrected chi connectivity index (χ3v) is 2.56. The molecule has 19 heavy (non-hydrogen) atoms. The summed E-state index contributed by atoms with van der Waals surface area (Å²) in [5.41, 5.74) is 0.598. The topological polar surface area (TPSA) is 77.9 Å². The summed E-state index contributed by atoms with van der Waals surface area (Å²) in [4.78, 5) is 15.3. The minimum Gasteiger partial charge on any atom is -0.493 e. The van der Waals surface area contributed by atoms with Gasteiger partial charge in [0.05, 0.1) is 19.7 Å². The number of aliphatic hydroxyl groups excluding tert-OH is 1. The second-order valence-electron chi connectivity index (χ2n) is 3.67. The van der Waals surface area contributed by atoms with Crippen LogP contribution in [-0.2, 0) is 4.79 Å². The van der Waals surface area contributed by atoms with Gasteiger partial charge < -0.3 is 19.3 Å². The van der Waals surface area contributed by atoms with Gasteiger partial charge in [-0.1, -0.05) is 0 Å². The van der Waals surface area contributed by atoms with E-state index >= 15 is 0 Å². The highest BCUT2D eigenvalue weighted by Crippen LogP contribution is 2.35. The SMILES string of the molecule is COc1cc2nccc(OC(=O)CO)c2cc1OC. The molecule has 1 heterocycles. The Morgan fingerprint density at radius 1 is 1.21 bits per heavy atom. The van der Waals surface area contributed by atoms with Crippen LogP contribution in [0.25, 0.3) is 10.9 Å². The number of aliphatic hydroxyl groups is 1. The van der Waals surface area contributed by atoms with E-state index in [4.69, 9.17) is 19.3 Å². The smallest absolute Gasteiger partial charge is 0.337 e. The Hall–Kier alpha value is -2.34. The van der Waals surface area contributed by atoms with Crippen LogP contribution in [-0.4, -0.2) is 36.9 Å². The Bertz CT molecular complexity index is 611. The third kappa shape index (κ3) is 2.58. The number of benzene rings is 1. The summed E-state index contributed by atoms with van der Waals surface area (Å²) < 4.78 is 15.4. The van der Waals surface area contributed by atoms with E-state index in [1.807, 2.05) is 0 Å². The maximum Gasteiger partial charge on any atom is 0.337 e. The van der Waals surface area contributed by atoms with Gasteiger partial charge in [-0.2, -0.15) is 0 Å². The van der Waals surface area contributed by atoms with Crippen molar-refractivity contribution in [3.63, 3.8) is 0 Å². The predicted octanol–water partition coefficient (Wildman–Crippen LogP) is 1.15. The summed E-state index contributed by atoms with van der Waals surface area (Å²) in [6, 6.07) is 4.90. The van der Waals surface area contributed by atoms with Crippen LogP contribution in [0.4, 0.5) is 0 Å². The van der Waals surface area contributed by atoms with Crippen molar-refractivity contribution >= 4 is 16.9 Å². The van der Waals surface area contributed by atoms with Crippen molar-refractivity contribution in [2.24, 2.45) is 0 Å². The van der Waals surface area contributed by atoms with E-state index in [1.165, 1.54) is 20.4 Å². The van der Waals surface area contributed by atoms with E-state index in [2.05, 4.69) is 4.98 Å². The molecule has 100 valence electrons. The first-order chi connectivity index (χ1) is 9.19. The van der Waals surface area contributed by atoms with Crippen molar-refractivity contribution in [3.05, 3.63) is 24.4 Å². The fraction of sp³-hybridized carbons (Fsp3) is 0.231. The second kappa shape index (κ2) is 5.53. The average molecular weight is 263 g/mol. The number of esters is 1. The number of pyridine rings is 1. The lowest BCUT2D eigenvalue weighted by molar-refractivity contribution is -0.137. The zero-order valence-corrected chi connectivity index (χ0v) is 10.5. The van der Waals surface area contributed by atoms with Gasteiger partial charge in [-0.25, -0.2) is 4.79 Å². The van der Waals surface area contributed by atoms with E-state index < -0.39 is 12.6 Å². The predicted molar refractivity (Wildman–Crippen MR) is 67.6 cm³/mol. The molecule has 2 aromatic rings. The average Bonchev–Trinajstić information content (AvgIpc) is 2.45. The van der Waals surface area contributed by atoms with Gasteiger partial charge >= 0.3 is 5.97 Å². The molecule has 0 aliphatic heterocycles. The van der Waals surface area contributed by atoms with Crippen molar-refractivity contribution in [2.75, 3.05) is 20.8 Å². The van der Waals surface area contributed by atoms with Gasteiger partial charge in [-0.05, 0) is 12.1 Å². The molecule has 1 aromatic carbocycles. The van der Waals surface area contributed by atoms with Gasteiger partial charge in [0.2, 0.25) is 0 Å². The molecule has 0 atom stereocenters. The van der Waals surface area contributed by atoms with Crippen LogP contribution in [0.1, 0.15) is 0 Å². The molecule has 0 spiro atoms. The highest BCUT2D eigenvalue weighted by Gasteiger charge is 2.12. The largest absolute Gasteiger partial charge is 0.493 e. The molecule has 0 bridgehead atoms. The lowest BCUT2D eigenvalue weighted by Gasteiger charge is -2.11. The van der Waals surface area contributed by atoms with Crippen molar-refractivity contribution in [3.8, 4) is 17.2 Å². The Balaban J connectivity index is 2.57. The molecule has 0 fully saturated rings. The van der Waals surface area contributed by atoms with E-state index in [0.29, 0.717) is 28.2 Å². The Morgan fingerprint density at radius 3 is 2.53 bits per heavy atom. The zero-order chi connectivity index (χ0) is 13.8. The van der Waals surface area contributed by atoms with Crippen LogP contribution >= 0.6 is 0 Å². The molecule has 0 aliphatic rings. The van der Waals surface area contributed by atoms with Crippen LogP contribution < -0.4 is 14.2 Å². The van der Waals surface area contributed by atoms with Crippen molar-refractivity contribution in [1.82, 2.24) is 4.98 Å². The van der Waals surface area contributed by atoms with Crippen LogP contribution in [0.2, 0.25) is 0 Å². The highest BCUT2D eigenvalue weighted by molar-refractivity contribution is 5.90. The quantitative estimate of drug-likeness (QED) is 0.834. The molecule has 0 saturated carbocycles. The summed E-state index contributed by atoms with van der Waals surface area (Å²) in [6.45, 7) is -0.683. The number of carbonyl (C=O) groups excluding carboxylic acids is 1. The highest BCUT2D eigenvalue weighted by atomic mass is 16.5. The fourth-order valence-electron chi connectivity index (χ4n) is 1.69. The standard InChI is InChI=1S/C13H13NO5/c1-17-11-5-8-9(6-12(11)18-2)14-4-3-10(8)19-13(16)7-15/h3-6,15H,7H2,1-2H3. The number of carbonyl (C=O) groups is 1. The molecule has 1 aromatic heterocycles. The number of hydrogen-bond acceptors (Lipinski definition) is 6. The molecular formula is C13H13NO5. The van der Waals surface area contributed by atoms with E-state index in [0.717, 1.165) is 0 Å². The molecule has 0 unspecified atom stereocenters.